The maximum atomic E-state index is 13.1. The van der Waals surface area contributed by atoms with Crippen LogP contribution < -0.4 is 10.6 Å². The van der Waals surface area contributed by atoms with Crippen LogP contribution in [-0.4, -0.2) is 43.7 Å². The molecule has 8 nitrogen and oxygen atoms in total. The van der Waals surface area contributed by atoms with E-state index in [1.54, 1.807) is 12.1 Å². The predicted octanol–water partition coefficient (Wildman–Crippen LogP) is 1.78. The van der Waals surface area contributed by atoms with Gasteiger partial charge in [-0.1, -0.05) is 6.42 Å². The fourth-order valence-corrected chi connectivity index (χ4v) is 5.14. The highest BCUT2D eigenvalue weighted by molar-refractivity contribution is 7.89. The Labute approximate surface area is 174 Å². The van der Waals surface area contributed by atoms with E-state index in [1.165, 1.54) is 22.7 Å². The second-order valence-electron chi connectivity index (χ2n) is 7.03. The first-order valence-corrected chi connectivity index (χ1v) is 11.2. The van der Waals surface area contributed by atoms with Gasteiger partial charge in [0.25, 0.3) is 0 Å². The molecule has 3 rings (SSSR count). The number of furan rings is 1. The summed E-state index contributed by atoms with van der Waals surface area (Å²) in [6.07, 6.45) is 4.10. The van der Waals surface area contributed by atoms with Crippen LogP contribution in [0.15, 0.2) is 52.0 Å². The van der Waals surface area contributed by atoms with Crippen molar-refractivity contribution in [3.05, 3.63) is 54.2 Å². The third-order valence-corrected chi connectivity index (χ3v) is 6.93. The van der Waals surface area contributed by atoms with Crippen molar-refractivity contribution in [1.82, 2.24) is 14.9 Å². The molecule has 2 amide bonds. The molecule has 0 radical (unpaired) electrons. The summed E-state index contributed by atoms with van der Waals surface area (Å²) in [6.45, 7) is 0.626. The van der Waals surface area contributed by atoms with Crippen LogP contribution in [0, 0.1) is 5.82 Å². The summed E-state index contributed by atoms with van der Waals surface area (Å²) in [5.41, 5.74) is 0. The molecule has 1 aromatic heterocycles. The molecule has 2 heterocycles. The van der Waals surface area contributed by atoms with E-state index >= 15 is 0 Å². The van der Waals surface area contributed by atoms with Gasteiger partial charge in [-0.05, 0) is 55.7 Å². The van der Waals surface area contributed by atoms with Gasteiger partial charge in [0.15, 0.2) is 0 Å². The molecule has 30 heavy (non-hydrogen) atoms. The minimum Gasteiger partial charge on any atom is -0.467 e. The summed E-state index contributed by atoms with van der Waals surface area (Å²) in [4.78, 5) is 23.8. The van der Waals surface area contributed by atoms with Gasteiger partial charge >= 0.3 is 11.8 Å². The number of nitrogens with one attached hydrogen (secondary N) is 2. The molecule has 0 spiro atoms. The molecule has 0 aliphatic carbocycles. The van der Waals surface area contributed by atoms with E-state index in [1.807, 2.05) is 0 Å². The summed E-state index contributed by atoms with van der Waals surface area (Å²) in [5, 5.41) is 4.98. The zero-order chi connectivity index (χ0) is 21.6. The van der Waals surface area contributed by atoms with Crippen LogP contribution in [0.3, 0.4) is 0 Å². The van der Waals surface area contributed by atoms with Crippen molar-refractivity contribution < 1.29 is 26.8 Å². The van der Waals surface area contributed by atoms with Crippen molar-refractivity contribution in [3.8, 4) is 0 Å². The number of carbonyl (C=O) groups is 2. The lowest BCUT2D eigenvalue weighted by molar-refractivity contribution is -0.139. The van der Waals surface area contributed by atoms with Gasteiger partial charge in [-0.3, -0.25) is 9.59 Å². The largest absolute Gasteiger partial charge is 0.467 e. The highest BCUT2D eigenvalue weighted by Crippen LogP contribution is 2.27. The maximum absolute atomic E-state index is 13.1. The molecule has 1 fully saturated rings. The molecule has 1 aromatic carbocycles. The van der Waals surface area contributed by atoms with Crippen LogP contribution in [-0.2, 0) is 26.2 Å². The van der Waals surface area contributed by atoms with Gasteiger partial charge in [0, 0.05) is 19.1 Å². The van der Waals surface area contributed by atoms with E-state index in [2.05, 4.69) is 10.6 Å². The Morgan fingerprint density at radius 2 is 1.83 bits per heavy atom. The number of piperidine rings is 1. The molecule has 2 aromatic rings. The molecule has 2 N–H and O–H groups in total. The first-order valence-electron chi connectivity index (χ1n) is 9.74. The van der Waals surface area contributed by atoms with Gasteiger partial charge in [-0.25, -0.2) is 12.8 Å². The predicted molar refractivity (Wildman–Crippen MR) is 106 cm³/mol. The molecule has 1 atom stereocenters. The van der Waals surface area contributed by atoms with E-state index < -0.39 is 27.7 Å². The number of amides is 2. The zero-order valence-electron chi connectivity index (χ0n) is 16.3. The Morgan fingerprint density at radius 1 is 1.10 bits per heavy atom. The summed E-state index contributed by atoms with van der Waals surface area (Å²) >= 11 is 0. The first kappa shape index (κ1) is 22.0. The molecule has 1 aliphatic rings. The summed E-state index contributed by atoms with van der Waals surface area (Å²) < 4.78 is 45.6. The second-order valence-corrected chi connectivity index (χ2v) is 8.92. The van der Waals surface area contributed by atoms with Crippen LogP contribution in [0.2, 0.25) is 0 Å². The molecule has 162 valence electrons. The fourth-order valence-electron chi connectivity index (χ4n) is 3.41. The summed E-state index contributed by atoms with van der Waals surface area (Å²) in [5.74, 6) is -1.55. The smallest absolute Gasteiger partial charge is 0.309 e. The number of nitrogens with zero attached hydrogens (tertiary/aromatic N) is 1. The number of hydrogen-bond donors (Lipinski definition) is 2. The lowest BCUT2D eigenvalue weighted by atomic mass is 10.0. The number of rotatable bonds is 7. The van der Waals surface area contributed by atoms with Crippen molar-refractivity contribution in [3.63, 3.8) is 0 Å². The van der Waals surface area contributed by atoms with E-state index in [-0.39, 0.29) is 24.0 Å². The van der Waals surface area contributed by atoms with Crippen LogP contribution in [0.25, 0.3) is 0 Å². The lowest BCUT2D eigenvalue weighted by Crippen LogP contribution is -2.46. The number of benzene rings is 1. The third kappa shape index (κ3) is 5.45. The van der Waals surface area contributed by atoms with Crippen LogP contribution in [0.1, 0.15) is 31.4 Å². The number of hydrogen-bond acceptors (Lipinski definition) is 5. The van der Waals surface area contributed by atoms with Gasteiger partial charge in [-0.15, -0.1) is 0 Å². The van der Waals surface area contributed by atoms with Crippen molar-refractivity contribution >= 4 is 21.8 Å². The van der Waals surface area contributed by atoms with Gasteiger partial charge in [0.2, 0.25) is 10.0 Å². The van der Waals surface area contributed by atoms with Gasteiger partial charge in [0.1, 0.15) is 11.6 Å². The van der Waals surface area contributed by atoms with Crippen LogP contribution in [0.4, 0.5) is 4.39 Å². The zero-order valence-corrected chi connectivity index (χ0v) is 17.2. The fraction of sp³-hybridized carbons (Fsp3) is 0.400. The van der Waals surface area contributed by atoms with E-state index in [9.17, 15) is 22.4 Å². The van der Waals surface area contributed by atoms with Crippen molar-refractivity contribution in [2.24, 2.45) is 0 Å². The molecule has 10 heteroatoms. The molecule has 0 bridgehead atoms. The molecule has 1 aliphatic heterocycles. The molecular weight excluding hydrogens is 413 g/mol. The number of sulfonamides is 1. The van der Waals surface area contributed by atoms with Gasteiger partial charge in [-0.2, -0.15) is 4.31 Å². The minimum atomic E-state index is -3.76. The molecule has 0 saturated carbocycles. The number of halogens is 1. The average molecular weight is 437 g/mol. The average Bonchev–Trinajstić information content (AvgIpc) is 3.26. The van der Waals surface area contributed by atoms with Crippen LogP contribution >= 0.6 is 0 Å². The summed E-state index contributed by atoms with van der Waals surface area (Å²) in [7, 11) is -3.76. The normalized spacial score (nSPS) is 17.4. The second kappa shape index (κ2) is 9.86. The van der Waals surface area contributed by atoms with E-state index in [4.69, 9.17) is 4.42 Å². The molecule has 1 saturated heterocycles. The first-order chi connectivity index (χ1) is 14.4. The maximum Gasteiger partial charge on any atom is 0.309 e. The Hall–Kier alpha value is -2.72. The quantitative estimate of drug-likeness (QED) is 0.642. The topological polar surface area (TPSA) is 109 Å². The summed E-state index contributed by atoms with van der Waals surface area (Å²) in [6, 6.07) is 7.79. The van der Waals surface area contributed by atoms with E-state index in [0.717, 1.165) is 25.0 Å². The third-order valence-electron chi connectivity index (χ3n) is 4.97. The Bertz CT molecular complexity index is 961. The van der Waals surface area contributed by atoms with Crippen molar-refractivity contribution in [1.29, 1.82) is 0 Å². The van der Waals surface area contributed by atoms with Gasteiger partial charge < -0.3 is 15.1 Å². The standard InChI is InChI=1S/C20H24FN3O5S/c21-15-6-8-18(9-7-15)30(27,28)24-12-2-1-4-16(24)10-11-22-19(25)20(26)23-14-17-5-3-13-29-17/h3,5-9,13,16H,1-2,4,10-12,14H2,(H,22,25)(H,23,26). The Kier molecular flexibility index (Phi) is 7.22. The highest BCUT2D eigenvalue weighted by Gasteiger charge is 2.33. The van der Waals surface area contributed by atoms with E-state index in [0.29, 0.717) is 25.1 Å². The highest BCUT2D eigenvalue weighted by atomic mass is 32.2. The van der Waals surface area contributed by atoms with Crippen molar-refractivity contribution in [2.75, 3.05) is 13.1 Å². The SMILES string of the molecule is O=C(NCCC1CCCCN1S(=O)(=O)c1ccc(F)cc1)C(=O)NCc1ccco1. The Morgan fingerprint density at radius 3 is 2.53 bits per heavy atom. The minimum absolute atomic E-state index is 0.0390. The Balaban J connectivity index is 1.53. The molecular formula is C20H24FN3O5S. The lowest BCUT2D eigenvalue weighted by Gasteiger charge is -2.34. The van der Waals surface area contributed by atoms with Gasteiger partial charge in [0.05, 0.1) is 17.7 Å². The molecule has 1 unspecified atom stereocenters. The number of carbonyl (C=O) groups excluding carboxylic acids is 2. The van der Waals surface area contributed by atoms with Crippen molar-refractivity contribution in [2.45, 2.75) is 43.2 Å². The monoisotopic (exact) mass is 437 g/mol. The van der Waals surface area contributed by atoms with Crippen LogP contribution in [0.5, 0.6) is 0 Å².